The number of rotatable bonds is 4. The minimum absolute atomic E-state index is 0.0340. The number of amides is 1. The third kappa shape index (κ3) is 3.81. The number of nitrogens with zero attached hydrogens (tertiary/aromatic N) is 3. The van der Waals surface area contributed by atoms with Gasteiger partial charge in [0.05, 0.1) is 0 Å². The summed E-state index contributed by atoms with van der Waals surface area (Å²) in [6.45, 7) is 2.99. The first-order valence-electron chi connectivity index (χ1n) is 10.7. The zero-order valence-electron chi connectivity index (χ0n) is 17.1. The van der Waals surface area contributed by atoms with Gasteiger partial charge in [0, 0.05) is 34.6 Å². The zero-order valence-corrected chi connectivity index (χ0v) is 18.7. The van der Waals surface area contributed by atoms with Crippen molar-refractivity contribution in [1.29, 1.82) is 0 Å². The van der Waals surface area contributed by atoms with E-state index < -0.39 is 0 Å². The Bertz CT molecular complexity index is 1110. The van der Waals surface area contributed by atoms with E-state index >= 15 is 0 Å². The molecule has 6 heteroatoms. The molecule has 30 heavy (non-hydrogen) atoms. The molecule has 2 heterocycles. The second-order valence-corrected chi connectivity index (χ2v) is 9.34. The first kappa shape index (κ1) is 19.5. The van der Waals surface area contributed by atoms with Crippen LogP contribution in [0.1, 0.15) is 48.6 Å². The Morgan fingerprint density at radius 2 is 2.03 bits per heavy atom. The SMILES string of the molecule is Cc1ccc(-c2nnc3n2CCCCC3)cc1NC(=O)C1CC1c1cccc(Br)c1. The molecule has 1 fully saturated rings. The Labute approximate surface area is 185 Å². The van der Waals surface area contributed by atoms with Gasteiger partial charge in [-0.2, -0.15) is 0 Å². The van der Waals surface area contributed by atoms with Gasteiger partial charge in [-0.1, -0.05) is 46.6 Å². The smallest absolute Gasteiger partial charge is 0.228 e. The number of hydrogen-bond donors (Lipinski definition) is 1. The average Bonchev–Trinajstić information content (AvgIpc) is 3.50. The maximum Gasteiger partial charge on any atom is 0.228 e. The highest BCUT2D eigenvalue weighted by Crippen LogP contribution is 2.48. The Hall–Kier alpha value is -2.47. The van der Waals surface area contributed by atoms with Crippen molar-refractivity contribution in [2.75, 3.05) is 5.32 Å². The highest BCUT2D eigenvalue weighted by Gasteiger charge is 2.44. The standard InChI is InChI=1S/C24H25BrN4O/c1-15-9-10-17(23-28-27-22-8-3-2-4-11-29(22)23)13-21(15)26-24(30)20-14-19(20)16-6-5-7-18(25)12-16/h5-7,9-10,12-13,19-20H,2-4,8,11,14H2,1H3,(H,26,30). The Kier molecular flexibility index (Phi) is 5.19. The Morgan fingerprint density at radius 3 is 2.90 bits per heavy atom. The zero-order chi connectivity index (χ0) is 20.7. The first-order chi connectivity index (χ1) is 14.6. The van der Waals surface area contributed by atoms with E-state index in [1.54, 1.807) is 0 Å². The van der Waals surface area contributed by atoms with E-state index in [0.29, 0.717) is 5.92 Å². The van der Waals surface area contributed by atoms with E-state index in [1.807, 2.05) is 25.1 Å². The number of aryl methyl sites for hydroxylation is 2. The van der Waals surface area contributed by atoms with E-state index in [4.69, 9.17) is 0 Å². The summed E-state index contributed by atoms with van der Waals surface area (Å²) in [7, 11) is 0. The molecule has 1 amide bonds. The van der Waals surface area contributed by atoms with Crippen LogP contribution in [0.25, 0.3) is 11.4 Å². The average molecular weight is 465 g/mol. The van der Waals surface area contributed by atoms with Crippen LogP contribution in [-0.4, -0.2) is 20.7 Å². The summed E-state index contributed by atoms with van der Waals surface area (Å²) in [5, 5.41) is 12.1. The number of aromatic nitrogens is 3. The number of hydrogen-bond acceptors (Lipinski definition) is 3. The molecule has 0 radical (unpaired) electrons. The molecule has 1 aromatic heterocycles. The van der Waals surface area contributed by atoms with Gasteiger partial charge in [0.2, 0.25) is 5.91 Å². The molecule has 154 valence electrons. The van der Waals surface area contributed by atoms with Gasteiger partial charge in [-0.15, -0.1) is 10.2 Å². The molecule has 0 bridgehead atoms. The molecule has 3 aromatic rings. The van der Waals surface area contributed by atoms with E-state index in [1.165, 1.54) is 18.4 Å². The van der Waals surface area contributed by atoms with Crippen LogP contribution in [0.5, 0.6) is 0 Å². The fourth-order valence-corrected chi connectivity index (χ4v) is 4.83. The van der Waals surface area contributed by atoms with E-state index in [-0.39, 0.29) is 11.8 Å². The molecule has 2 unspecified atom stereocenters. The van der Waals surface area contributed by atoms with Crippen LogP contribution in [0, 0.1) is 12.8 Å². The van der Waals surface area contributed by atoms with Gasteiger partial charge >= 0.3 is 0 Å². The number of anilines is 1. The fraction of sp³-hybridized carbons (Fsp3) is 0.375. The van der Waals surface area contributed by atoms with Gasteiger partial charge in [0.15, 0.2) is 5.82 Å². The predicted octanol–water partition coefficient (Wildman–Crippen LogP) is 5.48. The molecule has 0 spiro atoms. The number of halogens is 1. The predicted molar refractivity (Wildman–Crippen MR) is 121 cm³/mol. The largest absolute Gasteiger partial charge is 0.326 e. The molecule has 5 nitrogen and oxygen atoms in total. The second-order valence-electron chi connectivity index (χ2n) is 8.42. The summed E-state index contributed by atoms with van der Waals surface area (Å²) in [5.74, 6) is 2.41. The summed E-state index contributed by atoms with van der Waals surface area (Å²) in [6.07, 6.45) is 5.46. The lowest BCUT2D eigenvalue weighted by molar-refractivity contribution is -0.117. The van der Waals surface area contributed by atoms with Crippen molar-refractivity contribution in [3.8, 4) is 11.4 Å². The number of carbonyl (C=O) groups is 1. The molecule has 0 saturated heterocycles. The van der Waals surface area contributed by atoms with Gasteiger partial charge in [-0.05, 0) is 61.4 Å². The molecule has 1 N–H and O–H groups in total. The summed E-state index contributed by atoms with van der Waals surface area (Å²) in [6, 6.07) is 14.4. The van der Waals surface area contributed by atoms with Crippen LogP contribution < -0.4 is 5.32 Å². The highest BCUT2D eigenvalue weighted by atomic mass is 79.9. The quantitative estimate of drug-likeness (QED) is 0.555. The van der Waals surface area contributed by atoms with Gasteiger partial charge in [0.25, 0.3) is 0 Å². The Morgan fingerprint density at radius 1 is 1.13 bits per heavy atom. The third-order valence-electron chi connectivity index (χ3n) is 6.27. The van der Waals surface area contributed by atoms with Crippen molar-refractivity contribution in [2.45, 2.75) is 51.5 Å². The topological polar surface area (TPSA) is 59.8 Å². The molecule has 1 aliphatic carbocycles. The summed E-state index contributed by atoms with van der Waals surface area (Å²) < 4.78 is 3.30. The van der Waals surface area contributed by atoms with Crippen LogP contribution >= 0.6 is 15.9 Å². The normalized spacial score (nSPS) is 20.3. The van der Waals surface area contributed by atoms with E-state index in [2.05, 4.69) is 60.3 Å². The van der Waals surface area contributed by atoms with Gasteiger partial charge in [-0.25, -0.2) is 0 Å². The van der Waals surface area contributed by atoms with Crippen LogP contribution in [0.2, 0.25) is 0 Å². The maximum absolute atomic E-state index is 12.9. The van der Waals surface area contributed by atoms with Crippen LogP contribution in [0.4, 0.5) is 5.69 Å². The van der Waals surface area contributed by atoms with Crippen molar-refractivity contribution >= 4 is 27.5 Å². The second kappa shape index (κ2) is 7.99. The number of fused-ring (bicyclic) bond motifs is 1. The third-order valence-corrected chi connectivity index (χ3v) is 6.76. The van der Waals surface area contributed by atoms with Gasteiger partial charge in [-0.3, -0.25) is 4.79 Å². The van der Waals surface area contributed by atoms with E-state index in [9.17, 15) is 4.79 Å². The lowest BCUT2D eigenvalue weighted by atomic mass is 10.1. The van der Waals surface area contributed by atoms with Crippen LogP contribution in [0.15, 0.2) is 46.9 Å². The van der Waals surface area contributed by atoms with Gasteiger partial charge < -0.3 is 9.88 Å². The summed E-state index contributed by atoms with van der Waals surface area (Å²) in [4.78, 5) is 12.9. The molecule has 1 aliphatic heterocycles. The highest BCUT2D eigenvalue weighted by molar-refractivity contribution is 9.10. The lowest BCUT2D eigenvalue weighted by Gasteiger charge is -2.12. The number of benzene rings is 2. The minimum Gasteiger partial charge on any atom is -0.326 e. The molecule has 2 atom stereocenters. The van der Waals surface area contributed by atoms with Gasteiger partial charge in [0.1, 0.15) is 5.82 Å². The monoisotopic (exact) mass is 464 g/mol. The van der Waals surface area contributed by atoms with Crippen LogP contribution in [0.3, 0.4) is 0 Å². The maximum atomic E-state index is 12.9. The van der Waals surface area contributed by atoms with E-state index in [0.717, 1.165) is 58.7 Å². The first-order valence-corrected chi connectivity index (χ1v) is 11.5. The Balaban J connectivity index is 1.35. The van der Waals surface area contributed by atoms with Crippen molar-refractivity contribution in [2.24, 2.45) is 5.92 Å². The molecule has 2 aromatic carbocycles. The lowest BCUT2D eigenvalue weighted by Crippen LogP contribution is -2.15. The molecule has 1 saturated carbocycles. The summed E-state index contributed by atoms with van der Waals surface area (Å²) in [5.41, 5.74) is 4.16. The van der Waals surface area contributed by atoms with Crippen molar-refractivity contribution < 1.29 is 4.79 Å². The van der Waals surface area contributed by atoms with Crippen LogP contribution in [-0.2, 0) is 17.8 Å². The minimum atomic E-state index is 0.0340. The molecule has 2 aliphatic rings. The fourth-order valence-electron chi connectivity index (χ4n) is 4.41. The van der Waals surface area contributed by atoms with Crippen molar-refractivity contribution in [3.63, 3.8) is 0 Å². The summed E-state index contributed by atoms with van der Waals surface area (Å²) >= 11 is 3.52. The molecular weight excluding hydrogens is 440 g/mol. The van der Waals surface area contributed by atoms with Crippen molar-refractivity contribution in [3.05, 3.63) is 63.9 Å². The molecule has 5 rings (SSSR count). The molecular formula is C24H25BrN4O. The number of carbonyl (C=O) groups excluding carboxylic acids is 1. The van der Waals surface area contributed by atoms with Crippen molar-refractivity contribution in [1.82, 2.24) is 14.8 Å². The number of nitrogens with one attached hydrogen (secondary N) is 1.